The van der Waals surface area contributed by atoms with Crippen molar-refractivity contribution in [3.63, 3.8) is 0 Å². The van der Waals surface area contributed by atoms with Crippen LogP contribution >= 0.6 is 0 Å². The number of rotatable bonds is 2. The number of aromatic nitrogens is 4. The first-order valence-electron chi connectivity index (χ1n) is 8.17. The largest absolute Gasteiger partial charge is 0.361 e. The third kappa shape index (κ3) is 2.36. The molecule has 1 fully saturated rings. The number of fused-ring (bicyclic) bond motifs is 1. The van der Waals surface area contributed by atoms with Crippen LogP contribution < -0.4 is 0 Å². The molecule has 4 heterocycles. The van der Waals surface area contributed by atoms with Gasteiger partial charge in [0, 0.05) is 25.2 Å². The molecule has 0 unspecified atom stereocenters. The maximum Gasteiger partial charge on any atom is 0.259 e. The van der Waals surface area contributed by atoms with E-state index in [1.165, 1.54) is 0 Å². The Kier molecular flexibility index (Phi) is 3.55. The molecule has 0 saturated carbocycles. The van der Waals surface area contributed by atoms with Crippen LogP contribution in [0.5, 0.6) is 0 Å². The van der Waals surface area contributed by atoms with Crippen molar-refractivity contribution >= 4 is 11.6 Å². The van der Waals surface area contributed by atoms with Crippen LogP contribution in [-0.2, 0) is 0 Å². The lowest BCUT2D eigenvalue weighted by molar-refractivity contribution is 0.0701. The zero-order chi connectivity index (χ0) is 16.7. The molecule has 0 radical (unpaired) electrons. The molecule has 0 aliphatic carbocycles. The minimum Gasteiger partial charge on any atom is -0.361 e. The van der Waals surface area contributed by atoms with Crippen molar-refractivity contribution in [3.05, 3.63) is 47.2 Å². The zero-order valence-electron chi connectivity index (χ0n) is 13.8. The highest BCUT2D eigenvalue weighted by Gasteiger charge is 2.30. The maximum absolute atomic E-state index is 12.9. The maximum atomic E-state index is 12.9. The van der Waals surface area contributed by atoms with E-state index in [1.807, 2.05) is 33.7 Å². The SMILES string of the molecule is Cc1noc(C)c1C(=O)N1CCC[C@H](c2nnc3ccccn23)C1. The van der Waals surface area contributed by atoms with E-state index in [0.717, 1.165) is 30.9 Å². The number of piperidine rings is 1. The highest BCUT2D eigenvalue weighted by atomic mass is 16.5. The number of carbonyl (C=O) groups is 1. The van der Waals surface area contributed by atoms with Crippen molar-refractivity contribution in [3.8, 4) is 0 Å². The van der Waals surface area contributed by atoms with E-state index in [4.69, 9.17) is 4.52 Å². The third-order valence-corrected chi connectivity index (χ3v) is 4.66. The Morgan fingerprint density at radius 1 is 1.29 bits per heavy atom. The summed E-state index contributed by atoms with van der Waals surface area (Å²) in [7, 11) is 0. The molecule has 1 saturated heterocycles. The van der Waals surface area contributed by atoms with Gasteiger partial charge in [0.25, 0.3) is 5.91 Å². The summed E-state index contributed by atoms with van der Waals surface area (Å²) in [5.74, 6) is 1.67. The van der Waals surface area contributed by atoms with Gasteiger partial charge in [0.05, 0.1) is 5.69 Å². The van der Waals surface area contributed by atoms with Gasteiger partial charge in [-0.3, -0.25) is 9.20 Å². The van der Waals surface area contributed by atoms with Gasteiger partial charge in [-0.15, -0.1) is 10.2 Å². The third-order valence-electron chi connectivity index (χ3n) is 4.66. The molecular formula is C17H19N5O2. The molecule has 0 spiro atoms. The van der Waals surface area contributed by atoms with Gasteiger partial charge in [-0.25, -0.2) is 0 Å². The van der Waals surface area contributed by atoms with Gasteiger partial charge >= 0.3 is 0 Å². The Hall–Kier alpha value is -2.70. The van der Waals surface area contributed by atoms with E-state index >= 15 is 0 Å². The summed E-state index contributed by atoms with van der Waals surface area (Å²) >= 11 is 0. The van der Waals surface area contributed by atoms with Crippen molar-refractivity contribution in [2.75, 3.05) is 13.1 Å². The quantitative estimate of drug-likeness (QED) is 0.723. The van der Waals surface area contributed by atoms with Crippen molar-refractivity contribution in [2.45, 2.75) is 32.6 Å². The topological polar surface area (TPSA) is 76.5 Å². The highest BCUT2D eigenvalue weighted by Crippen LogP contribution is 2.28. The van der Waals surface area contributed by atoms with Crippen LogP contribution in [0.3, 0.4) is 0 Å². The first-order chi connectivity index (χ1) is 11.6. The first kappa shape index (κ1) is 14.9. The second-order valence-electron chi connectivity index (χ2n) is 6.28. The molecule has 1 aliphatic heterocycles. The summed E-state index contributed by atoms with van der Waals surface area (Å²) in [6.45, 7) is 4.96. The van der Waals surface area contributed by atoms with E-state index in [9.17, 15) is 4.79 Å². The lowest BCUT2D eigenvalue weighted by Gasteiger charge is -2.31. The van der Waals surface area contributed by atoms with Gasteiger partial charge in [0.15, 0.2) is 5.65 Å². The fraction of sp³-hybridized carbons (Fsp3) is 0.412. The predicted octanol–water partition coefficient (Wildman–Crippen LogP) is 2.35. The average molecular weight is 325 g/mol. The molecule has 3 aromatic rings. The first-order valence-corrected chi connectivity index (χ1v) is 8.17. The van der Waals surface area contributed by atoms with Crippen LogP contribution in [0.25, 0.3) is 5.65 Å². The fourth-order valence-electron chi connectivity index (χ4n) is 3.46. The van der Waals surface area contributed by atoms with Crippen LogP contribution in [-0.4, -0.2) is 43.7 Å². The Bertz CT molecular complexity index is 878. The van der Waals surface area contributed by atoms with Crippen LogP contribution in [0.1, 0.15) is 46.4 Å². The average Bonchev–Trinajstić information content (AvgIpc) is 3.18. The molecule has 4 rings (SSSR count). The Morgan fingerprint density at radius 2 is 2.17 bits per heavy atom. The van der Waals surface area contributed by atoms with Crippen LogP contribution in [0.2, 0.25) is 0 Å². The van der Waals surface area contributed by atoms with E-state index in [0.29, 0.717) is 23.6 Å². The summed E-state index contributed by atoms with van der Waals surface area (Å²) in [6.07, 6.45) is 3.92. The number of hydrogen-bond acceptors (Lipinski definition) is 5. The van der Waals surface area contributed by atoms with Gasteiger partial charge in [-0.2, -0.15) is 0 Å². The van der Waals surface area contributed by atoms with Crippen molar-refractivity contribution in [2.24, 2.45) is 0 Å². The monoisotopic (exact) mass is 325 g/mol. The molecule has 0 aromatic carbocycles. The van der Waals surface area contributed by atoms with E-state index < -0.39 is 0 Å². The highest BCUT2D eigenvalue weighted by molar-refractivity contribution is 5.96. The fourth-order valence-corrected chi connectivity index (χ4v) is 3.46. The van der Waals surface area contributed by atoms with Crippen molar-refractivity contribution in [1.29, 1.82) is 0 Å². The molecule has 1 amide bonds. The van der Waals surface area contributed by atoms with Gasteiger partial charge in [-0.05, 0) is 38.8 Å². The summed E-state index contributed by atoms with van der Waals surface area (Å²) in [4.78, 5) is 14.7. The second-order valence-corrected chi connectivity index (χ2v) is 6.28. The van der Waals surface area contributed by atoms with Gasteiger partial charge in [0.2, 0.25) is 0 Å². The van der Waals surface area contributed by atoms with Crippen LogP contribution in [0.4, 0.5) is 0 Å². The molecule has 124 valence electrons. The molecule has 1 aliphatic rings. The summed E-state index contributed by atoms with van der Waals surface area (Å²) in [6, 6.07) is 5.85. The van der Waals surface area contributed by atoms with E-state index in [-0.39, 0.29) is 11.8 Å². The predicted molar refractivity (Wildman–Crippen MR) is 86.8 cm³/mol. The molecule has 7 heteroatoms. The number of likely N-dealkylation sites (tertiary alicyclic amines) is 1. The van der Waals surface area contributed by atoms with E-state index in [2.05, 4.69) is 15.4 Å². The lowest BCUT2D eigenvalue weighted by atomic mass is 9.96. The molecule has 0 N–H and O–H groups in total. The Labute approximate surface area is 139 Å². The van der Waals surface area contributed by atoms with Gasteiger partial charge < -0.3 is 9.42 Å². The number of nitrogens with zero attached hydrogens (tertiary/aromatic N) is 5. The lowest BCUT2D eigenvalue weighted by Crippen LogP contribution is -2.40. The molecular weight excluding hydrogens is 306 g/mol. The van der Waals surface area contributed by atoms with Crippen molar-refractivity contribution in [1.82, 2.24) is 24.7 Å². The smallest absolute Gasteiger partial charge is 0.259 e. The van der Waals surface area contributed by atoms with E-state index in [1.54, 1.807) is 13.8 Å². The minimum absolute atomic E-state index is 0.00947. The van der Waals surface area contributed by atoms with Crippen LogP contribution in [0, 0.1) is 13.8 Å². The molecule has 7 nitrogen and oxygen atoms in total. The Morgan fingerprint density at radius 3 is 2.96 bits per heavy atom. The number of pyridine rings is 1. The zero-order valence-corrected chi connectivity index (χ0v) is 13.8. The summed E-state index contributed by atoms with van der Waals surface area (Å²) in [5, 5.41) is 12.5. The second kappa shape index (κ2) is 5.74. The summed E-state index contributed by atoms with van der Waals surface area (Å²) < 4.78 is 7.15. The van der Waals surface area contributed by atoms with Crippen LogP contribution in [0.15, 0.2) is 28.9 Å². The molecule has 1 atom stereocenters. The Balaban J connectivity index is 1.61. The van der Waals surface area contributed by atoms with Gasteiger partial charge in [0.1, 0.15) is 17.1 Å². The molecule has 24 heavy (non-hydrogen) atoms. The number of amides is 1. The number of hydrogen-bond donors (Lipinski definition) is 0. The van der Waals surface area contributed by atoms with Gasteiger partial charge in [-0.1, -0.05) is 11.2 Å². The van der Waals surface area contributed by atoms with Crippen molar-refractivity contribution < 1.29 is 9.32 Å². The molecule has 3 aromatic heterocycles. The number of carbonyl (C=O) groups excluding carboxylic acids is 1. The normalized spacial score (nSPS) is 18.2. The summed E-state index contributed by atoms with van der Waals surface area (Å²) in [5.41, 5.74) is 2.07. The minimum atomic E-state index is -0.00947. The molecule has 0 bridgehead atoms. The number of aryl methyl sites for hydroxylation is 2. The standard InChI is InChI=1S/C17H19N5O2/c1-11-15(12(2)24-20-11)17(23)21-8-5-6-13(10-21)16-19-18-14-7-3-4-9-22(14)16/h3-4,7,9,13H,5-6,8,10H2,1-2H3/t13-/m0/s1.